The Kier molecular flexibility index (Phi) is 4.55. The van der Waals surface area contributed by atoms with Crippen LogP contribution in [0.5, 0.6) is 0 Å². The first-order valence-corrected chi connectivity index (χ1v) is 4.75. The molecule has 0 heterocycles. The molecule has 0 aliphatic heterocycles. The van der Waals surface area contributed by atoms with E-state index in [2.05, 4.69) is 16.9 Å². The lowest BCUT2D eigenvalue weighted by Crippen LogP contribution is -2.13. The molecule has 2 N–H and O–H groups in total. The van der Waals surface area contributed by atoms with Crippen LogP contribution in [0.4, 0.5) is 4.79 Å². The standard InChI is InChI=1S/C11H15NO2/c12-11(13)14-9-5-4-8-10-6-2-1-3-7-10/h1-3,6-7H,4-5,8-9H2,(H2,12,13). The molecule has 0 aliphatic carbocycles. The molecular formula is C11H15NO2. The van der Waals surface area contributed by atoms with Crippen LogP contribution in [0.3, 0.4) is 0 Å². The molecule has 0 unspecified atom stereocenters. The lowest BCUT2D eigenvalue weighted by molar-refractivity contribution is 0.154. The molecule has 1 amide bonds. The molecule has 0 atom stereocenters. The number of ether oxygens (including phenoxy) is 1. The van der Waals surface area contributed by atoms with E-state index in [4.69, 9.17) is 5.73 Å². The van der Waals surface area contributed by atoms with Crippen LogP contribution in [0, 0.1) is 0 Å². The summed E-state index contributed by atoms with van der Waals surface area (Å²) in [6.07, 6.45) is 2.20. The molecule has 1 aromatic carbocycles. The fraction of sp³-hybridized carbons (Fsp3) is 0.364. The van der Waals surface area contributed by atoms with Crippen molar-refractivity contribution >= 4 is 6.09 Å². The predicted molar refractivity (Wildman–Crippen MR) is 54.9 cm³/mol. The molecule has 14 heavy (non-hydrogen) atoms. The third-order valence-electron chi connectivity index (χ3n) is 1.95. The number of benzene rings is 1. The number of hydrogen-bond donors (Lipinski definition) is 1. The van der Waals surface area contributed by atoms with Crippen LogP contribution >= 0.6 is 0 Å². The maximum absolute atomic E-state index is 10.2. The quantitative estimate of drug-likeness (QED) is 0.728. The lowest BCUT2D eigenvalue weighted by Gasteiger charge is -2.01. The minimum Gasteiger partial charge on any atom is -0.450 e. The Labute approximate surface area is 83.9 Å². The van der Waals surface area contributed by atoms with E-state index in [1.807, 2.05) is 18.2 Å². The van der Waals surface area contributed by atoms with Gasteiger partial charge in [0, 0.05) is 0 Å². The van der Waals surface area contributed by atoms with Crippen molar-refractivity contribution in [2.45, 2.75) is 19.3 Å². The van der Waals surface area contributed by atoms with Gasteiger partial charge in [0.2, 0.25) is 0 Å². The van der Waals surface area contributed by atoms with Crippen LogP contribution in [0.25, 0.3) is 0 Å². The molecule has 0 saturated carbocycles. The fourth-order valence-corrected chi connectivity index (χ4v) is 1.25. The number of amides is 1. The van der Waals surface area contributed by atoms with Crippen molar-refractivity contribution in [1.29, 1.82) is 0 Å². The number of rotatable bonds is 5. The highest BCUT2D eigenvalue weighted by Crippen LogP contribution is 2.04. The number of aryl methyl sites for hydroxylation is 1. The van der Waals surface area contributed by atoms with Crippen molar-refractivity contribution in [3.8, 4) is 0 Å². The second-order valence-electron chi connectivity index (χ2n) is 3.11. The van der Waals surface area contributed by atoms with Gasteiger partial charge in [0.25, 0.3) is 0 Å². The first-order chi connectivity index (χ1) is 6.79. The fourth-order valence-electron chi connectivity index (χ4n) is 1.25. The minimum atomic E-state index is -0.690. The van der Waals surface area contributed by atoms with E-state index >= 15 is 0 Å². The summed E-state index contributed by atoms with van der Waals surface area (Å²) in [5.41, 5.74) is 6.14. The molecule has 0 aromatic heterocycles. The third kappa shape index (κ3) is 4.50. The van der Waals surface area contributed by atoms with Crippen molar-refractivity contribution in [2.24, 2.45) is 5.73 Å². The number of primary amides is 1. The zero-order chi connectivity index (χ0) is 10.2. The first-order valence-electron chi connectivity index (χ1n) is 4.75. The largest absolute Gasteiger partial charge is 0.450 e. The summed E-state index contributed by atoms with van der Waals surface area (Å²) in [6, 6.07) is 10.2. The Morgan fingerprint density at radius 2 is 1.93 bits per heavy atom. The molecule has 3 heteroatoms. The van der Waals surface area contributed by atoms with E-state index in [9.17, 15) is 4.79 Å². The summed E-state index contributed by atoms with van der Waals surface area (Å²) in [5, 5.41) is 0. The summed E-state index contributed by atoms with van der Waals surface area (Å²) in [7, 11) is 0. The topological polar surface area (TPSA) is 52.3 Å². The van der Waals surface area contributed by atoms with Crippen LogP contribution in [-0.4, -0.2) is 12.7 Å². The van der Waals surface area contributed by atoms with Crippen LogP contribution in [-0.2, 0) is 11.2 Å². The van der Waals surface area contributed by atoms with Crippen molar-refractivity contribution in [1.82, 2.24) is 0 Å². The van der Waals surface area contributed by atoms with Crippen molar-refractivity contribution in [3.63, 3.8) is 0 Å². The number of hydrogen-bond acceptors (Lipinski definition) is 2. The van der Waals surface area contributed by atoms with E-state index in [1.54, 1.807) is 0 Å². The Hall–Kier alpha value is -1.51. The molecule has 1 aromatic rings. The molecule has 0 bridgehead atoms. The summed E-state index contributed by atoms with van der Waals surface area (Å²) < 4.78 is 4.62. The molecule has 0 radical (unpaired) electrons. The van der Waals surface area contributed by atoms with Gasteiger partial charge in [0.1, 0.15) is 0 Å². The zero-order valence-corrected chi connectivity index (χ0v) is 8.11. The van der Waals surface area contributed by atoms with Crippen molar-refractivity contribution in [2.75, 3.05) is 6.61 Å². The van der Waals surface area contributed by atoms with Gasteiger partial charge >= 0.3 is 6.09 Å². The van der Waals surface area contributed by atoms with E-state index in [0.29, 0.717) is 6.61 Å². The third-order valence-corrected chi connectivity index (χ3v) is 1.95. The van der Waals surface area contributed by atoms with E-state index in [1.165, 1.54) is 5.56 Å². The predicted octanol–water partition coefficient (Wildman–Crippen LogP) is 2.10. The minimum absolute atomic E-state index is 0.419. The summed E-state index contributed by atoms with van der Waals surface area (Å²) in [6.45, 7) is 0.419. The summed E-state index contributed by atoms with van der Waals surface area (Å²) in [5.74, 6) is 0. The second kappa shape index (κ2) is 6.02. The SMILES string of the molecule is NC(=O)OCCCCc1ccccc1. The van der Waals surface area contributed by atoms with Gasteiger partial charge in [0.05, 0.1) is 6.61 Å². The monoisotopic (exact) mass is 193 g/mol. The Bertz CT molecular complexity index is 272. The Morgan fingerprint density at radius 1 is 1.21 bits per heavy atom. The average molecular weight is 193 g/mol. The number of unbranched alkanes of at least 4 members (excludes halogenated alkanes) is 1. The maximum atomic E-state index is 10.2. The number of carbonyl (C=O) groups is 1. The van der Waals surface area contributed by atoms with Crippen LogP contribution < -0.4 is 5.73 Å². The Morgan fingerprint density at radius 3 is 2.57 bits per heavy atom. The summed E-state index contributed by atoms with van der Waals surface area (Å²) in [4.78, 5) is 10.2. The first kappa shape index (κ1) is 10.6. The van der Waals surface area contributed by atoms with Crippen LogP contribution in [0.1, 0.15) is 18.4 Å². The molecule has 0 fully saturated rings. The van der Waals surface area contributed by atoms with Crippen molar-refractivity contribution < 1.29 is 9.53 Å². The van der Waals surface area contributed by atoms with E-state index in [0.717, 1.165) is 19.3 Å². The van der Waals surface area contributed by atoms with Gasteiger partial charge < -0.3 is 10.5 Å². The summed E-state index contributed by atoms with van der Waals surface area (Å²) >= 11 is 0. The van der Waals surface area contributed by atoms with Crippen LogP contribution in [0.15, 0.2) is 30.3 Å². The van der Waals surface area contributed by atoms with Crippen LogP contribution in [0.2, 0.25) is 0 Å². The molecule has 0 saturated heterocycles. The van der Waals surface area contributed by atoms with Gasteiger partial charge in [-0.3, -0.25) is 0 Å². The highest BCUT2D eigenvalue weighted by molar-refractivity contribution is 5.64. The van der Waals surface area contributed by atoms with E-state index in [-0.39, 0.29) is 0 Å². The normalized spacial score (nSPS) is 9.71. The smallest absolute Gasteiger partial charge is 0.404 e. The van der Waals surface area contributed by atoms with E-state index < -0.39 is 6.09 Å². The highest BCUT2D eigenvalue weighted by atomic mass is 16.5. The van der Waals surface area contributed by atoms with Gasteiger partial charge in [-0.1, -0.05) is 30.3 Å². The van der Waals surface area contributed by atoms with Gasteiger partial charge in [-0.15, -0.1) is 0 Å². The molecular weight excluding hydrogens is 178 g/mol. The molecule has 76 valence electrons. The van der Waals surface area contributed by atoms with Gasteiger partial charge in [-0.05, 0) is 24.8 Å². The average Bonchev–Trinajstić information content (AvgIpc) is 2.18. The molecule has 3 nitrogen and oxygen atoms in total. The molecule has 0 spiro atoms. The van der Waals surface area contributed by atoms with Crippen molar-refractivity contribution in [3.05, 3.63) is 35.9 Å². The second-order valence-corrected chi connectivity index (χ2v) is 3.11. The van der Waals surface area contributed by atoms with Gasteiger partial charge in [0.15, 0.2) is 0 Å². The number of nitrogens with two attached hydrogens (primary N) is 1. The van der Waals surface area contributed by atoms with Gasteiger partial charge in [-0.2, -0.15) is 0 Å². The molecule has 0 aliphatic rings. The maximum Gasteiger partial charge on any atom is 0.404 e. The lowest BCUT2D eigenvalue weighted by atomic mass is 10.1. The number of carbonyl (C=O) groups excluding carboxylic acids is 1. The highest BCUT2D eigenvalue weighted by Gasteiger charge is 1.94. The molecule has 1 rings (SSSR count). The van der Waals surface area contributed by atoms with Gasteiger partial charge in [-0.25, -0.2) is 4.79 Å². The Balaban J connectivity index is 2.08. The zero-order valence-electron chi connectivity index (χ0n) is 8.11.